The number of aromatic nitrogens is 2. The van der Waals surface area contributed by atoms with Crippen LogP contribution in [0.15, 0.2) is 88.7 Å². The number of rotatable bonds is 5. The van der Waals surface area contributed by atoms with Crippen molar-refractivity contribution in [2.75, 3.05) is 12.4 Å². The average Bonchev–Trinajstić information content (AvgIpc) is 2.77. The SMILES string of the molecule is COc1ccc(NC(=O)Cn2ccn(-c3cccc4ccccc34)c(=O)c2=O)cc1. The summed E-state index contributed by atoms with van der Waals surface area (Å²) in [5, 5.41) is 4.52. The van der Waals surface area contributed by atoms with E-state index in [1.165, 1.54) is 17.0 Å². The molecular formula is C23H19N3O4. The maximum atomic E-state index is 12.7. The molecule has 0 atom stereocenters. The fourth-order valence-corrected chi connectivity index (χ4v) is 3.27. The fourth-order valence-electron chi connectivity index (χ4n) is 3.27. The van der Waals surface area contributed by atoms with Gasteiger partial charge in [-0.3, -0.25) is 23.5 Å². The second-order valence-electron chi connectivity index (χ2n) is 6.68. The Morgan fingerprint density at radius 2 is 1.63 bits per heavy atom. The van der Waals surface area contributed by atoms with Gasteiger partial charge in [0.25, 0.3) is 0 Å². The lowest BCUT2D eigenvalue weighted by Gasteiger charge is -2.11. The summed E-state index contributed by atoms with van der Waals surface area (Å²) in [5.41, 5.74) is -0.301. The lowest BCUT2D eigenvalue weighted by Crippen LogP contribution is -2.41. The van der Waals surface area contributed by atoms with Gasteiger partial charge in [0.2, 0.25) is 5.91 Å². The maximum Gasteiger partial charge on any atom is 0.321 e. The molecule has 7 nitrogen and oxygen atoms in total. The molecule has 150 valence electrons. The Hall–Kier alpha value is -4.13. The summed E-state index contributed by atoms with van der Waals surface area (Å²) in [5.74, 6) is 0.255. The molecule has 1 aromatic heterocycles. The first-order valence-corrected chi connectivity index (χ1v) is 9.31. The van der Waals surface area contributed by atoms with Gasteiger partial charge in [-0.2, -0.15) is 0 Å². The molecule has 0 saturated carbocycles. The van der Waals surface area contributed by atoms with Crippen LogP contribution < -0.4 is 21.2 Å². The van der Waals surface area contributed by atoms with Crippen LogP contribution in [-0.2, 0) is 11.3 Å². The van der Waals surface area contributed by atoms with Crippen molar-refractivity contribution < 1.29 is 9.53 Å². The Labute approximate surface area is 171 Å². The predicted octanol–water partition coefficient (Wildman–Crippen LogP) is 2.80. The quantitative estimate of drug-likeness (QED) is 0.522. The minimum absolute atomic E-state index is 0.267. The zero-order valence-electron chi connectivity index (χ0n) is 16.2. The van der Waals surface area contributed by atoms with Crippen LogP contribution in [0.2, 0.25) is 0 Å². The smallest absolute Gasteiger partial charge is 0.321 e. The van der Waals surface area contributed by atoms with Crippen molar-refractivity contribution in [1.29, 1.82) is 0 Å². The summed E-state index contributed by atoms with van der Waals surface area (Å²) in [6.45, 7) is -0.267. The summed E-state index contributed by atoms with van der Waals surface area (Å²) in [7, 11) is 1.56. The number of nitrogens with one attached hydrogen (secondary N) is 1. The van der Waals surface area contributed by atoms with Crippen molar-refractivity contribution in [2.24, 2.45) is 0 Å². The number of carbonyl (C=O) groups excluding carboxylic acids is 1. The minimum Gasteiger partial charge on any atom is -0.497 e. The number of carbonyl (C=O) groups is 1. The van der Waals surface area contributed by atoms with Gasteiger partial charge >= 0.3 is 11.1 Å². The number of fused-ring (bicyclic) bond motifs is 1. The molecule has 4 rings (SSSR count). The molecular weight excluding hydrogens is 382 g/mol. The zero-order valence-corrected chi connectivity index (χ0v) is 16.2. The molecule has 1 N–H and O–H groups in total. The number of methoxy groups -OCH3 is 1. The Morgan fingerprint density at radius 1 is 0.900 bits per heavy atom. The van der Waals surface area contributed by atoms with E-state index in [2.05, 4.69) is 5.32 Å². The second-order valence-corrected chi connectivity index (χ2v) is 6.68. The van der Waals surface area contributed by atoms with Gasteiger partial charge in [0, 0.05) is 23.5 Å². The topological polar surface area (TPSA) is 82.3 Å². The molecule has 1 amide bonds. The van der Waals surface area contributed by atoms with Crippen LogP contribution in [0.25, 0.3) is 16.5 Å². The van der Waals surface area contributed by atoms with Crippen molar-refractivity contribution in [1.82, 2.24) is 9.13 Å². The van der Waals surface area contributed by atoms with Crippen LogP contribution in [0.4, 0.5) is 5.69 Å². The molecule has 4 aromatic rings. The first-order valence-electron chi connectivity index (χ1n) is 9.31. The summed E-state index contributed by atoms with van der Waals surface area (Å²) in [6.07, 6.45) is 2.95. The Morgan fingerprint density at radius 3 is 2.40 bits per heavy atom. The molecule has 0 bridgehead atoms. The maximum absolute atomic E-state index is 12.7. The van der Waals surface area contributed by atoms with E-state index < -0.39 is 17.0 Å². The number of hydrogen-bond donors (Lipinski definition) is 1. The Balaban J connectivity index is 1.60. The summed E-state index contributed by atoms with van der Waals surface area (Å²) in [6, 6.07) is 20.0. The van der Waals surface area contributed by atoms with Crippen LogP contribution in [0, 0.1) is 0 Å². The monoisotopic (exact) mass is 401 g/mol. The lowest BCUT2D eigenvalue weighted by molar-refractivity contribution is -0.116. The summed E-state index contributed by atoms with van der Waals surface area (Å²) < 4.78 is 7.49. The van der Waals surface area contributed by atoms with Gasteiger partial charge in [-0.1, -0.05) is 36.4 Å². The van der Waals surface area contributed by atoms with Crippen LogP contribution >= 0.6 is 0 Å². The molecule has 0 spiro atoms. The van der Waals surface area contributed by atoms with Crippen LogP contribution in [0.3, 0.4) is 0 Å². The second kappa shape index (κ2) is 8.08. The highest BCUT2D eigenvalue weighted by molar-refractivity contribution is 5.91. The highest BCUT2D eigenvalue weighted by Gasteiger charge is 2.12. The van der Waals surface area contributed by atoms with Crippen LogP contribution in [0.5, 0.6) is 5.75 Å². The van der Waals surface area contributed by atoms with Crippen molar-refractivity contribution in [3.63, 3.8) is 0 Å². The van der Waals surface area contributed by atoms with Gasteiger partial charge in [0.15, 0.2) is 0 Å². The zero-order chi connectivity index (χ0) is 21.1. The standard InChI is InChI=1S/C23H19N3O4/c1-30-18-11-9-17(10-12-18)24-21(27)15-25-13-14-26(23(29)22(25)28)20-8-4-6-16-5-2-3-7-19(16)20/h2-14H,15H2,1H3,(H,24,27). The normalized spacial score (nSPS) is 10.7. The van der Waals surface area contributed by atoms with Crippen molar-refractivity contribution >= 4 is 22.4 Å². The van der Waals surface area contributed by atoms with E-state index in [0.717, 1.165) is 15.3 Å². The van der Waals surface area contributed by atoms with E-state index in [-0.39, 0.29) is 6.54 Å². The molecule has 7 heteroatoms. The third-order valence-corrected chi connectivity index (χ3v) is 4.77. The predicted molar refractivity (Wildman–Crippen MR) is 115 cm³/mol. The number of anilines is 1. The van der Waals surface area contributed by atoms with Crippen LogP contribution in [-0.4, -0.2) is 22.2 Å². The molecule has 0 aliphatic rings. The lowest BCUT2D eigenvalue weighted by atomic mass is 10.1. The van der Waals surface area contributed by atoms with Crippen molar-refractivity contribution in [3.8, 4) is 11.4 Å². The Kier molecular flexibility index (Phi) is 5.17. The molecule has 30 heavy (non-hydrogen) atoms. The van der Waals surface area contributed by atoms with Gasteiger partial charge in [-0.25, -0.2) is 0 Å². The number of benzene rings is 3. The van der Waals surface area contributed by atoms with Gasteiger partial charge in [-0.15, -0.1) is 0 Å². The first-order chi connectivity index (χ1) is 14.6. The van der Waals surface area contributed by atoms with E-state index in [1.807, 2.05) is 36.4 Å². The van der Waals surface area contributed by atoms with E-state index in [9.17, 15) is 14.4 Å². The van der Waals surface area contributed by atoms with E-state index in [1.54, 1.807) is 37.4 Å². The number of hydrogen-bond acceptors (Lipinski definition) is 4. The molecule has 0 saturated heterocycles. The van der Waals surface area contributed by atoms with E-state index in [0.29, 0.717) is 17.1 Å². The summed E-state index contributed by atoms with van der Waals surface area (Å²) >= 11 is 0. The van der Waals surface area contributed by atoms with Crippen molar-refractivity contribution in [3.05, 3.63) is 99.8 Å². The number of ether oxygens (including phenoxy) is 1. The molecule has 0 aliphatic heterocycles. The largest absolute Gasteiger partial charge is 0.497 e. The van der Waals surface area contributed by atoms with E-state index in [4.69, 9.17) is 4.74 Å². The number of nitrogens with zero attached hydrogens (tertiary/aromatic N) is 2. The molecule has 0 aliphatic carbocycles. The van der Waals surface area contributed by atoms with Gasteiger partial charge in [0.05, 0.1) is 12.8 Å². The molecule has 3 aromatic carbocycles. The van der Waals surface area contributed by atoms with Crippen molar-refractivity contribution in [2.45, 2.75) is 6.54 Å². The summed E-state index contributed by atoms with van der Waals surface area (Å²) in [4.78, 5) is 37.7. The number of amides is 1. The highest BCUT2D eigenvalue weighted by atomic mass is 16.5. The molecule has 1 heterocycles. The van der Waals surface area contributed by atoms with Gasteiger partial charge < -0.3 is 10.1 Å². The van der Waals surface area contributed by atoms with Gasteiger partial charge in [0.1, 0.15) is 12.3 Å². The van der Waals surface area contributed by atoms with Crippen LogP contribution in [0.1, 0.15) is 0 Å². The first kappa shape index (κ1) is 19.2. The van der Waals surface area contributed by atoms with Gasteiger partial charge in [-0.05, 0) is 35.7 Å². The van der Waals surface area contributed by atoms with E-state index >= 15 is 0 Å². The average molecular weight is 401 g/mol. The third-order valence-electron chi connectivity index (χ3n) is 4.77. The minimum atomic E-state index is -0.768. The molecule has 0 radical (unpaired) electrons. The highest BCUT2D eigenvalue weighted by Crippen LogP contribution is 2.20. The Bertz CT molecular complexity index is 1330. The molecule has 0 fully saturated rings. The third kappa shape index (κ3) is 3.73. The fraction of sp³-hybridized carbons (Fsp3) is 0.0870. The molecule has 0 unspecified atom stereocenters.